The fraction of sp³-hybridized carbons (Fsp3) is 0.625. The Morgan fingerprint density at radius 2 is 1.83 bits per heavy atom. The molecule has 0 saturated heterocycles. The Bertz CT molecular complexity index is 181. The Labute approximate surface area is 81.8 Å². The largest absolute Gasteiger partial charge is 0.478 e. The van der Waals surface area contributed by atoms with Crippen LogP contribution in [0.3, 0.4) is 0 Å². The van der Waals surface area contributed by atoms with E-state index in [0.717, 1.165) is 10.7 Å². The summed E-state index contributed by atoms with van der Waals surface area (Å²) in [4.78, 5) is 10.8. The molecule has 0 aliphatic heterocycles. The molecule has 0 bridgehead atoms. The zero-order valence-electron chi connectivity index (χ0n) is 7.59. The van der Waals surface area contributed by atoms with E-state index in [1.54, 1.807) is 0 Å². The number of aliphatic carboxylic acids is 1. The predicted molar refractivity (Wildman–Crippen MR) is 56.6 cm³/mol. The zero-order chi connectivity index (χ0) is 9.56. The molecule has 0 heterocycles. The molecule has 0 radical (unpaired) electrons. The topological polar surface area (TPSA) is 37.3 Å². The molecule has 1 N–H and O–H groups in total. The summed E-state index contributed by atoms with van der Waals surface area (Å²) in [6.07, 6.45) is 5.35. The van der Waals surface area contributed by atoms with Gasteiger partial charge in [-0.1, -0.05) is 13.3 Å². The van der Waals surface area contributed by atoms with E-state index >= 15 is 0 Å². The van der Waals surface area contributed by atoms with E-state index in [0.29, 0.717) is 12.0 Å². The monoisotopic (exact) mass is 206 g/mol. The van der Waals surface area contributed by atoms with Crippen LogP contribution in [-0.2, 0) is 4.79 Å². The molecule has 0 aromatic heterocycles. The van der Waals surface area contributed by atoms with Crippen LogP contribution < -0.4 is 0 Å². The first-order valence-corrected chi connectivity index (χ1v) is 6.16. The van der Waals surface area contributed by atoms with Crippen LogP contribution in [-0.4, -0.2) is 23.6 Å². The van der Waals surface area contributed by atoms with Crippen LogP contribution in [0, 0.1) is 0 Å². The van der Waals surface area contributed by atoms with Gasteiger partial charge in [0.05, 0.1) is 5.57 Å². The van der Waals surface area contributed by atoms with Gasteiger partial charge < -0.3 is 5.11 Å². The van der Waals surface area contributed by atoms with Crippen LogP contribution in [0.5, 0.6) is 0 Å². The molecule has 0 fully saturated rings. The van der Waals surface area contributed by atoms with Gasteiger partial charge in [0.2, 0.25) is 0 Å². The highest BCUT2D eigenvalue weighted by Gasteiger charge is 2.11. The number of thioether (sulfide) groups is 2. The third-order valence-corrected chi connectivity index (χ3v) is 3.61. The van der Waals surface area contributed by atoms with Gasteiger partial charge in [0, 0.05) is 4.24 Å². The quantitative estimate of drug-likeness (QED) is 0.702. The zero-order valence-corrected chi connectivity index (χ0v) is 9.22. The molecule has 0 aromatic rings. The molecule has 12 heavy (non-hydrogen) atoms. The van der Waals surface area contributed by atoms with Gasteiger partial charge in [0.25, 0.3) is 0 Å². The Kier molecular flexibility index (Phi) is 6.38. The summed E-state index contributed by atoms with van der Waals surface area (Å²) in [7, 11) is 0. The SMILES string of the molecule is CCCC(C(=O)O)=C(SC)SC. The highest BCUT2D eigenvalue weighted by Crippen LogP contribution is 2.29. The highest BCUT2D eigenvalue weighted by molar-refractivity contribution is 8.21. The smallest absolute Gasteiger partial charge is 0.333 e. The fourth-order valence-electron chi connectivity index (χ4n) is 0.876. The van der Waals surface area contributed by atoms with Crippen molar-refractivity contribution in [3.8, 4) is 0 Å². The number of carbonyl (C=O) groups is 1. The lowest BCUT2D eigenvalue weighted by Crippen LogP contribution is -2.01. The summed E-state index contributed by atoms with van der Waals surface area (Å²) in [5, 5.41) is 8.85. The van der Waals surface area contributed by atoms with Crippen LogP contribution in [0.4, 0.5) is 0 Å². The maximum absolute atomic E-state index is 10.8. The highest BCUT2D eigenvalue weighted by atomic mass is 32.2. The molecular formula is C8H14O2S2. The van der Waals surface area contributed by atoms with Crippen molar-refractivity contribution in [2.75, 3.05) is 12.5 Å². The van der Waals surface area contributed by atoms with Gasteiger partial charge in [-0.05, 0) is 18.9 Å². The van der Waals surface area contributed by atoms with E-state index in [1.165, 1.54) is 23.5 Å². The maximum atomic E-state index is 10.8. The van der Waals surface area contributed by atoms with Crippen LogP contribution in [0.15, 0.2) is 9.81 Å². The fourth-order valence-corrected chi connectivity index (χ4v) is 2.41. The lowest BCUT2D eigenvalue weighted by Gasteiger charge is -2.05. The second-order valence-electron chi connectivity index (χ2n) is 2.23. The molecule has 0 rings (SSSR count). The Morgan fingerprint density at radius 1 is 1.33 bits per heavy atom. The number of rotatable bonds is 5. The van der Waals surface area contributed by atoms with Crippen LogP contribution >= 0.6 is 23.5 Å². The van der Waals surface area contributed by atoms with E-state index in [2.05, 4.69) is 0 Å². The Balaban J connectivity index is 4.63. The minimum absolute atomic E-state index is 0.553. The van der Waals surface area contributed by atoms with Gasteiger partial charge >= 0.3 is 5.97 Å². The first-order chi connectivity index (χ1) is 5.67. The molecule has 4 heteroatoms. The van der Waals surface area contributed by atoms with Gasteiger partial charge in [-0.25, -0.2) is 4.79 Å². The molecular weight excluding hydrogens is 192 g/mol. The van der Waals surface area contributed by atoms with Crippen LogP contribution in [0.1, 0.15) is 19.8 Å². The normalized spacial score (nSPS) is 9.58. The molecule has 0 aliphatic carbocycles. The molecule has 70 valence electrons. The standard InChI is InChI=1S/C8H14O2S2/c1-4-5-6(7(9)10)8(11-2)12-3/h4-5H2,1-3H3,(H,9,10). The average Bonchev–Trinajstić information content (AvgIpc) is 2.05. The van der Waals surface area contributed by atoms with Crippen molar-refractivity contribution >= 4 is 29.5 Å². The first kappa shape index (κ1) is 11.9. The van der Waals surface area contributed by atoms with Crippen molar-refractivity contribution in [1.82, 2.24) is 0 Å². The molecule has 0 aromatic carbocycles. The summed E-state index contributed by atoms with van der Waals surface area (Å²) in [6.45, 7) is 1.99. The van der Waals surface area contributed by atoms with Crippen molar-refractivity contribution in [1.29, 1.82) is 0 Å². The van der Waals surface area contributed by atoms with E-state index in [4.69, 9.17) is 5.11 Å². The number of hydrogen-bond donors (Lipinski definition) is 1. The number of carboxylic acid groups (broad SMARTS) is 1. The summed E-state index contributed by atoms with van der Waals surface area (Å²) in [5.41, 5.74) is 0.553. The van der Waals surface area contributed by atoms with Crippen LogP contribution in [0.2, 0.25) is 0 Å². The second-order valence-corrected chi connectivity index (χ2v) is 4.12. The lowest BCUT2D eigenvalue weighted by atomic mass is 10.2. The number of carboxylic acids is 1. The van der Waals surface area contributed by atoms with Crippen molar-refractivity contribution in [2.24, 2.45) is 0 Å². The minimum atomic E-state index is -0.782. The molecule has 0 spiro atoms. The predicted octanol–water partition coefficient (Wildman–Crippen LogP) is 2.81. The average molecular weight is 206 g/mol. The molecule has 0 unspecified atom stereocenters. The van der Waals surface area contributed by atoms with Gasteiger partial charge in [0.15, 0.2) is 0 Å². The lowest BCUT2D eigenvalue weighted by molar-refractivity contribution is -0.132. The van der Waals surface area contributed by atoms with Crippen LogP contribution in [0.25, 0.3) is 0 Å². The second kappa shape index (κ2) is 6.43. The maximum Gasteiger partial charge on any atom is 0.333 e. The molecule has 0 amide bonds. The van der Waals surface area contributed by atoms with E-state index in [9.17, 15) is 4.79 Å². The molecule has 2 nitrogen and oxygen atoms in total. The van der Waals surface area contributed by atoms with Gasteiger partial charge in [-0.3, -0.25) is 0 Å². The Hall–Kier alpha value is -0.0900. The van der Waals surface area contributed by atoms with E-state index in [-0.39, 0.29) is 0 Å². The summed E-state index contributed by atoms with van der Waals surface area (Å²) < 4.78 is 0.921. The van der Waals surface area contributed by atoms with Crippen molar-refractivity contribution in [3.05, 3.63) is 9.81 Å². The van der Waals surface area contributed by atoms with Crippen molar-refractivity contribution < 1.29 is 9.90 Å². The Morgan fingerprint density at radius 3 is 2.08 bits per heavy atom. The molecule has 0 atom stereocenters. The van der Waals surface area contributed by atoms with Crippen molar-refractivity contribution in [2.45, 2.75) is 19.8 Å². The van der Waals surface area contributed by atoms with E-state index in [1.807, 2.05) is 19.4 Å². The summed E-state index contributed by atoms with van der Waals surface area (Å²) >= 11 is 3.02. The first-order valence-electron chi connectivity index (χ1n) is 3.71. The molecule has 0 aliphatic rings. The van der Waals surface area contributed by atoms with E-state index < -0.39 is 5.97 Å². The van der Waals surface area contributed by atoms with Crippen molar-refractivity contribution in [3.63, 3.8) is 0 Å². The molecule has 0 saturated carbocycles. The van der Waals surface area contributed by atoms with Gasteiger partial charge in [-0.2, -0.15) is 0 Å². The van der Waals surface area contributed by atoms with Gasteiger partial charge in [-0.15, -0.1) is 23.5 Å². The van der Waals surface area contributed by atoms with Gasteiger partial charge in [0.1, 0.15) is 0 Å². The summed E-state index contributed by atoms with van der Waals surface area (Å²) in [6, 6.07) is 0. The third kappa shape index (κ3) is 3.54. The minimum Gasteiger partial charge on any atom is -0.478 e. The third-order valence-electron chi connectivity index (χ3n) is 1.38. The number of hydrogen-bond acceptors (Lipinski definition) is 3. The summed E-state index contributed by atoms with van der Waals surface area (Å²) in [5.74, 6) is -0.782.